The van der Waals surface area contributed by atoms with Gasteiger partial charge in [-0.3, -0.25) is 9.59 Å². The van der Waals surface area contributed by atoms with Crippen molar-refractivity contribution in [2.45, 2.75) is 13.0 Å². The fourth-order valence-corrected chi connectivity index (χ4v) is 1.79. The highest BCUT2D eigenvalue weighted by Crippen LogP contribution is 2.13. The second kappa shape index (κ2) is 6.80. The molecule has 0 heterocycles. The Bertz CT molecular complexity index is 704. The number of hydrogen-bond donors (Lipinski definition) is 2. The van der Waals surface area contributed by atoms with Crippen LogP contribution in [0.4, 0.5) is 14.5 Å². The maximum absolute atomic E-state index is 13.5. The molecule has 0 spiro atoms. The van der Waals surface area contributed by atoms with Crippen molar-refractivity contribution in [1.82, 2.24) is 5.32 Å². The van der Waals surface area contributed by atoms with E-state index in [4.69, 9.17) is 0 Å². The number of amides is 2. The molecule has 0 aliphatic rings. The Labute approximate surface area is 126 Å². The van der Waals surface area contributed by atoms with Gasteiger partial charge in [-0.1, -0.05) is 24.3 Å². The summed E-state index contributed by atoms with van der Waals surface area (Å²) in [4.78, 5) is 23.8. The Hall–Kier alpha value is -2.76. The molecule has 2 aromatic rings. The molecule has 6 heteroatoms. The second-order valence-corrected chi connectivity index (χ2v) is 4.64. The Morgan fingerprint density at radius 2 is 1.55 bits per heavy atom. The summed E-state index contributed by atoms with van der Waals surface area (Å²) in [7, 11) is 0. The van der Waals surface area contributed by atoms with Crippen molar-refractivity contribution in [3.05, 3.63) is 65.7 Å². The van der Waals surface area contributed by atoms with Crippen LogP contribution in [0, 0.1) is 11.6 Å². The predicted octanol–water partition coefficient (Wildman–Crippen LogP) is 2.72. The predicted molar refractivity (Wildman–Crippen MR) is 78.4 cm³/mol. The summed E-state index contributed by atoms with van der Waals surface area (Å²) >= 11 is 0. The van der Waals surface area contributed by atoms with Gasteiger partial charge in [0.25, 0.3) is 5.91 Å². The van der Waals surface area contributed by atoms with Gasteiger partial charge in [-0.15, -0.1) is 0 Å². The normalized spacial score (nSPS) is 11.6. The largest absolute Gasteiger partial charge is 0.340 e. The number of para-hydroxylation sites is 1. The first kappa shape index (κ1) is 15.6. The van der Waals surface area contributed by atoms with Crippen molar-refractivity contribution < 1.29 is 18.4 Å². The lowest BCUT2D eigenvalue weighted by Gasteiger charge is -2.14. The molecule has 2 amide bonds. The summed E-state index contributed by atoms with van der Waals surface area (Å²) in [5.41, 5.74) is -0.146. The number of nitrogens with one attached hydrogen (secondary N) is 2. The number of benzene rings is 2. The first-order valence-corrected chi connectivity index (χ1v) is 6.60. The maximum Gasteiger partial charge on any atom is 0.254 e. The molecule has 0 aromatic heterocycles. The van der Waals surface area contributed by atoms with Crippen LogP contribution in [0.2, 0.25) is 0 Å². The van der Waals surface area contributed by atoms with Gasteiger partial charge < -0.3 is 10.6 Å². The van der Waals surface area contributed by atoms with E-state index >= 15 is 0 Å². The third-order valence-electron chi connectivity index (χ3n) is 2.99. The highest BCUT2D eigenvalue weighted by Gasteiger charge is 2.19. The monoisotopic (exact) mass is 304 g/mol. The van der Waals surface area contributed by atoms with Crippen molar-refractivity contribution in [1.29, 1.82) is 0 Å². The van der Waals surface area contributed by atoms with Crippen molar-refractivity contribution in [3.8, 4) is 0 Å². The van der Waals surface area contributed by atoms with E-state index in [9.17, 15) is 18.4 Å². The summed E-state index contributed by atoms with van der Waals surface area (Å²) in [6.07, 6.45) is 0. The van der Waals surface area contributed by atoms with Gasteiger partial charge in [0, 0.05) is 0 Å². The number of halogens is 2. The molecule has 0 aliphatic heterocycles. The minimum absolute atomic E-state index is 0.0134. The molecule has 0 aliphatic carbocycles. The van der Waals surface area contributed by atoms with Crippen LogP contribution in [0.3, 0.4) is 0 Å². The van der Waals surface area contributed by atoms with E-state index in [-0.39, 0.29) is 11.3 Å². The van der Waals surface area contributed by atoms with E-state index < -0.39 is 29.5 Å². The van der Waals surface area contributed by atoms with E-state index in [0.717, 1.165) is 6.07 Å². The van der Waals surface area contributed by atoms with E-state index in [0.29, 0.717) is 0 Å². The molecule has 0 saturated heterocycles. The fourth-order valence-electron chi connectivity index (χ4n) is 1.79. The summed E-state index contributed by atoms with van der Waals surface area (Å²) < 4.78 is 26.9. The fraction of sp³-hybridized carbons (Fsp3) is 0.125. The molecule has 2 rings (SSSR count). The SMILES string of the molecule is CC(NC(=O)c1ccccc1F)C(=O)Nc1ccccc1F. The van der Waals surface area contributed by atoms with Gasteiger partial charge in [-0.25, -0.2) is 8.78 Å². The maximum atomic E-state index is 13.5. The molecule has 2 N–H and O–H groups in total. The van der Waals surface area contributed by atoms with Crippen molar-refractivity contribution in [2.24, 2.45) is 0 Å². The van der Waals surface area contributed by atoms with Crippen LogP contribution in [-0.4, -0.2) is 17.9 Å². The number of rotatable bonds is 4. The first-order chi connectivity index (χ1) is 10.5. The number of anilines is 1. The van der Waals surface area contributed by atoms with Crippen LogP contribution in [0.15, 0.2) is 48.5 Å². The van der Waals surface area contributed by atoms with Crippen LogP contribution in [0.5, 0.6) is 0 Å². The van der Waals surface area contributed by atoms with Gasteiger partial charge in [-0.05, 0) is 31.2 Å². The lowest BCUT2D eigenvalue weighted by molar-refractivity contribution is -0.117. The minimum Gasteiger partial charge on any atom is -0.340 e. The molecular formula is C16H14F2N2O2. The molecule has 0 radical (unpaired) electrons. The van der Waals surface area contributed by atoms with Crippen LogP contribution in [0.25, 0.3) is 0 Å². The Kier molecular flexibility index (Phi) is 4.83. The molecule has 4 nitrogen and oxygen atoms in total. The molecule has 114 valence electrons. The molecule has 2 aromatic carbocycles. The van der Waals surface area contributed by atoms with E-state index in [1.807, 2.05) is 0 Å². The van der Waals surface area contributed by atoms with Crippen LogP contribution < -0.4 is 10.6 Å². The molecule has 0 fully saturated rings. The van der Waals surface area contributed by atoms with Gasteiger partial charge in [0.15, 0.2) is 0 Å². The van der Waals surface area contributed by atoms with Crippen molar-refractivity contribution in [2.75, 3.05) is 5.32 Å². The summed E-state index contributed by atoms with van der Waals surface area (Å²) in [5, 5.41) is 4.72. The van der Waals surface area contributed by atoms with Crippen LogP contribution >= 0.6 is 0 Å². The Balaban J connectivity index is 2.01. The molecule has 22 heavy (non-hydrogen) atoms. The highest BCUT2D eigenvalue weighted by molar-refractivity contribution is 6.01. The van der Waals surface area contributed by atoms with Gasteiger partial charge >= 0.3 is 0 Å². The van der Waals surface area contributed by atoms with Crippen molar-refractivity contribution in [3.63, 3.8) is 0 Å². The summed E-state index contributed by atoms with van der Waals surface area (Å²) in [5.74, 6) is -2.57. The van der Waals surface area contributed by atoms with Gasteiger partial charge in [0.2, 0.25) is 5.91 Å². The summed E-state index contributed by atoms with van der Waals surface area (Å²) in [6, 6.07) is 10.2. The lowest BCUT2D eigenvalue weighted by Crippen LogP contribution is -2.42. The number of carbonyl (C=O) groups is 2. The summed E-state index contributed by atoms with van der Waals surface area (Å²) in [6.45, 7) is 1.43. The topological polar surface area (TPSA) is 58.2 Å². The van der Waals surface area contributed by atoms with E-state index in [2.05, 4.69) is 10.6 Å². The van der Waals surface area contributed by atoms with Crippen molar-refractivity contribution >= 4 is 17.5 Å². The third-order valence-corrected chi connectivity index (χ3v) is 2.99. The zero-order valence-electron chi connectivity index (χ0n) is 11.8. The number of hydrogen-bond acceptors (Lipinski definition) is 2. The van der Waals surface area contributed by atoms with E-state index in [1.165, 1.54) is 43.3 Å². The molecule has 0 bridgehead atoms. The lowest BCUT2D eigenvalue weighted by atomic mass is 10.2. The number of carbonyl (C=O) groups excluding carboxylic acids is 2. The van der Waals surface area contributed by atoms with Crippen LogP contribution in [0.1, 0.15) is 17.3 Å². The van der Waals surface area contributed by atoms with Gasteiger partial charge in [0.05, 0.1) is 11.3 Å². The van der Waals surface area contributed by atoms with E-state index in [1.54, 1.807) is 6.07 Å². The van der Waals surface area contributed by atoms with Crippen LogP contribution in [-0.2, 0) is 4.79 Å². The second-order valence-electron chi connectivity index (χ2n) is 4.64. The molecule has 0 saturated carbocycles. The molecular weight excluding hydrogens is 290 g/mol. The van der Waals surface area contributed by atoms with Gasteiger partial charge in [-0.2, -0.15) is 0 Å². The van der Waals surface area contributed by atoms with Gasteiger partial charge in [0.1, 0.15) is 17.7 Å². The zero-order chi connectivity index (χ0) is 16.1. The smallest absolute Gasteiger partial charge is 0.254 e. The highest BCUT2D eigenvalue weighted by atomic mass is 19.1. The molecule has 1 unspecified atom stereocenters. The Morgan fingerprint density at radius 1 is 0.955 bits per heavy atom. The minimum atomic E-state index is -0.952. The first-order valence-electron chi connectivity index (χ1n) is 6.60. The average Bonchev–Trinajstić information content (AvgIpc) is 2.49. The zero-order valence-corrected chi connectivity index (χ0v) is 11.8. The standard InChI is InChI=1S/C16H14F2N2O2/c1-10(15(21)20-14-9-5-4-8-13(14)18)19-16(22)11-6-2-3-7-12(11)17/h2-10H,1H3,(H,19,22)(H,20,21). The average molecular weight is 304 g/mol. The Morgan fingerprint density at radius 3 is 2.18 bits per heavy atom. The molecule has 1 atom stereocenters. The third kappa shape index (κ3) is 3.66. The quantitative estimate of drug-likeness (QED) is 0.912.